The Morgan fingerprint density at radius 3 is 2.62 bits per heavy atom. The Bertz CT molecular complexity index is 1520. The summed E-state index contributed by atoms with van der Waals surface area (Å²) in [5.74, 6) is 0.560. The van der Waals surface area contributed by atoms with E-state index in [0.29, 0.717) is 42.2 Å². The quantitative estimate of drug-likeness (QED) is 0.232. The Hall–Kier alpha value is -5.01. The van der Waals surface area contributed by atoms with Crippen LogP contribution >= 0.6 is 0 Å². The van der Waals surface area contributed by atoms with Crippen LogP contribution in [0, 0.1) is 22.7 Å². The van der Waals surface area contributed by atoms with Gasteiger partial charge in [0, 0.05) is 29.2 Å². The van der Waals surface area contributed by atoms with Gasteiger partial charge in [0.2, 0.25) is 0 Å². The van der Waals surface area contributed by atoms with Crippen LogP contribution in [-0.2, 0) is 17.8 Å². The highest BCUT2D eigenvalue weighted by Gasteiger charge is 2.12. The number of rotatable bonds is 10. The lowest BCUT2D eigenvalue weighted by Crippen LogP contribution is -2.26. The zero-order valence-electron chi connectivity index (χ0n) is 20.5. The van der Waals surface area contributed by atoms with E-state index in [1.165, 1.54) is 6.08 Å². The number of H-pyrrole nitrogens is 1. The molecular weight excluding hydrogens is 464 g/mol. The summed E-state index contributed by atoms with van der Waals surface area (Å²) < 4.78 is 11.7. The number of amides is 1. The van der Waals surface area contributed by atoms with E-state index >= 15 is 0 Å². The maximum atomic E-state index is 12.7. The van der Waals surface area contributed by atoms with Gasteiger partial charge in [0.1, 0.15) is 18.2 Å². The van der Waals surface area contributed by atoms with E-state index in [4.69, 9.17) is 9.47 Å². The minimum absolute atomic E-state index is 0.00186. The predicted molar refractivity (Wildman–Crippen MR) is 142 cm³/mol. The highest BCUT2D eigenvalue weighted by Crippen LogP contribution is 2.30. The van der Waals surface area contributed by atoms with Crippen LogP contribution in [0.5, 0.6) is 11.5 Å². The fraction of sp³-hybridized carbons (Fsp3) is 0.167. The van der Waals surface area contributed by atoms with Gasteiger partial charge < -0.3 is 19.8 Å². The van der Waals surface area contributed by atoms with Crippen LogP contribution in [0.4, 0.5) is 0 Å². The number of nitrogens with one attached hydrogen (secondary N) is 2. The second-order valence-electron chi connectivity index (χ2n) is 8.23. The molecule has 0 atom stereocenters. The minimum Gasteiger partial charge on any atom is -0.490 e. The van der Waals surface area contributed by atoms with Gasteiger partial charge in [-0.2, -0.15) is 10.5 Å². The van der Waals surface area contributed by atoms with Crippen molar-refractivity contribution in [2.24, 2.45) is 0 Å². The van der Waals surface area contributed by atoms with Crippen LogP contribution in [0.15, 0.2) is 78.5 Å². The van der Waals surface area contributed by atoms with Crippen LogP contribution in [0.3, 0.4) is 0 Å². The molecule has 184 valence electrons. The van der Waals surface area contributed by atoms with Gasteiger partial charge >= 0.3 is 0 Å². The second kappa shape index (κ2) is 12.1. The monoisotopic (exact) mass is 490 g/mol. The van der Waals surface area contributed by atoms with E-state index < -0.39 is 5.91 Å². The van der Waals surface area contributed by atoms with Crippen molar-refractivity contribution in [1.29, 1.82) is 10.5 Å². The summed E-state index contributed by atoms with van der Waals surface area (Å²) in [6.07, 6.45) is 4.11. The zero-order chi connectivity index (χ0) is 26.0. The molecule has 0 radical (unpaired) electrons. The number of para-hydroxylation sites is 1. The normalized spacial score (nSPS) is 10.9. The summed E-state index contributed by atoms with van der Waals surface area (Å²) in [6.45, 7) is 2.89. The van der Waals surface area contributed by atoms with Crippen molar-refractivity contribution in [2.45, 2.75) is 20.0 Å². The van der Waals surface area contributed by atoms with E-state index in [1.54, 1.807) is 30.3 Å². The first-order valence-electron chi connectivity index (χ1n) is 12.0. The number of hydrogen-bond acceptors (Lipinski definition) is 5. The van der Waals surface area contributed by atoms with Gasteiger partial charge in [-0.15, -0.1) is 0 Å². The molecule has 0 saturated carbocycles. The van der Waals surface area contributed by atoms with Crippen molar-refractivity contribution < 1.29 is 14.3 Å². The molecule has 4 rings (SSSR count). The molecule has 4 aromatic rings. The van der Waals surface area contributed by atoms with Crippen molar-refractivity contribution in [3.05, 3.63) is 101 Å². The van der Waals surface area contributed by atoms with Crippen molar-refractivity contribution in [3.63, 3.8) is 0 Å². The molecule has 0 fully saturated rings. The number of carbonyl (C=O) groups excluding carboxylic acids is 1. The summed E-state index contributed by atoms with van der Waals surface area (Å²) in [6, 6.07) is 24.6. The van der Waals surface area contributed by atoms with Gasteiger partial charge in [0.25, 0.3) is 5.91 Å². The van der Waals surface area contributed by atoms with Gasteiger partial charge in [-0.1, -0.05) is 42.5 Å². The fourth-order valence-electron chi connectivity index (χ4n) is 3.97. The lowest BCUT2D eigenvalue weighted by Gasteiger charge is -2.13. The van der Waals surface area contributed by atoms with Gasteiger partial charge in [0.15, 0.2) is 11.5 Å². The number of aromatic amines is 1. The molecule has 1 heterocycles. The van der Waals surface area contributed by atoms with Crippen molar-refractivity contribution >= 4 is 22.9 Å². The van der Waals surface area contributed by atoms with E-state index in [1.807, 2.05) is 55.6 Å². The van der Waals surface area contributed by atoms with E-state index in [9.17, 15) is 15.3 Å². The molecule has 0 spiro atoms. The van der Waals surface area contributed by atoms with Gasteiger partial charge in [-0.25, -0.2) is 0 Å². The maximum absolute atomic E-state index is 12.7. The standard InChI is InChI=1S/C30H26N4O3/c1-2-36-29-16-21(11-12-28(29)37-20-24-8-4-3-7-22(24)17-31)15-25(18-32)30(35)33-14-13-23-19-34-27-10-6-5-9-26(23)27/h3-12,15-16,19,34H,2,13-14,20H2,1H3,(H,33,35)/b25-15-. The summed E-state index contributed by atoms with van der Waals surface area (Å²) in [4.78, 5) is 15.9. The SMILES string of the molecule is CCOc1cc(/C=C(/C#N)C(=O)NCCc2c[nH]c3ccccc23)ccc1OCc1ccccc1C#N. The largest absolute Gasteiger partial charge is 0.490 e. The van der Waals surface area contributed by atoms with E-state index in [-0.39, 0.29) is 12.2 Å². The van der Waals surface area contributed by atoms with E-state index in [0.717, 1.165) is 22.0 Å². The summed E-state index contributed by atoms with van der Waals surface area (Å²) in [5, 5.41) is 22.8. The second-order valence-corrected chi connectivity index (χ2v) is 8.23. The van der Waals surface area contributed by atoms with Crippen LogP contribution in [-0.4, -0.2) is 24.0 Å². The van der Waals surface area contributed by atoms with Crippen LogP contribution in [0.2, 0.25) is 0 Å². The number of nitrogens with zero attached hydrogens (tertiary/aromatic N) is 2. The molecule has 2 N–H and O–H groups in total. The number of benzene rings is 3. The highest BCUT2D eigenvalue weighted by molar-refractivity contribution is 6.01. The average Bonchev–Trinajstić information content (AvgIpc) is 3.34. The number of nitriles is 2. The minimum atomic E-state index is -0.436. The smallest absolute Gasteiger partial charge is 0.261 e. The summed E-state index contributed by atoms with van der Waals surface area (Å²) >= 11 is 0. The number of hydrogen-bond donors (Lipinski definition) is 2. The third-order valence-electron chi connectivity index (χ3n) is 5.82. The van der Waals surface area contributed by atoms with Crippen LogP contribution < -0.4 is 14.8 Å². The van der Waals surface area contributed by atoms with Gasteiger partial charge in [-0.05, 0) is 54.8 Å². The molecule has 0 saturated heterocycles. The Labute approximate surface area is 215 Å². The molecule has 0 aliphatic rings. The van der Waals surface area contributed by atoms with Crippen molar-refractivity contribution in [2.75, 3.05) is 13.2 Å². The molecule has 0 unspecified atom stereocenters. The van der Waals surface area contributed by atoms with Crippen LogP contribution in [0.25, 0.3) is 17.0 Å². The first kappa shape index (κ1) is 25.1. The Morgan fingerprint density at radius 1 is 1.00 bits per heavy atom. The third kappa shape index (κ3) is 6.17. The number of carbonyl (C=O) groups is 1. The lowest BCUT2D eigenvalue weighted by atomic mass is 10.1. The molecule has 0 aliphatic carbocycles. The predicted octanol–water partition coefficient (Wildman–Crippen LogP) is 5.28. The first-order valence-corrected chi connectivity index (χ1v) is 12.0. The molecule has 7 nitrogen and oxygen atoms in total. The van der Waals surface area contributed by atoms with Gasteiger partial charge in [0.05, 0.1) is 18.2 Å². The van der Waals surface area contributed by atoms with Gasteiger partial charge in [-0.3, -0.25) is 4.79 Å². The fourth-order valence-corrected chi connectivity index (χ4v) is 3.97. The molecule has 37 heavy (non-hydrogen) atoms. The lowest BCUT2D eigenvalue weighted by molar-refractivity contribution is -0.117. The van der Waals surface area contributed by atoms with E-state index in [2.05, 4.69) is 16.4 Å². The Morgan fingerprint density at radius 2 is 1.81 bits per heavy atom. The first-order chi connectivity index (χ1) is 18.1. The molecule has 7 heteroatoms. The zero-order valence-corrected chi connectivity index (χ0v) is 20.5. The molecule has 3 aromatic carbocycles. The third-order valence-corrected chi connectivity index (χ3v) is 5.82. The number of ether oxygens (including phenoxy) is 2. The summed E-state index contributed by atoms with van der Waals surface area (Å²) in [7, 11) is 0. The van der Waals surface area contributed by atoms with Crippen molar-refractivity contribution in [3.8, 4) is 23.6 Å². The van der Waals surface area contributed by atoms with Crippen LogP contribution in [0.1, 0.15) is 29.2 Å². The number of aromatic nitrogens is 1. The highest BCUT2D eigenvalue weighted by atomic mass is 16.5. The topological polar surface area (TPSA) is 111 Å². The molecule has 0 aliphatic heterocycles. The number of fused-ring (bicyclic) bond motifs is 1. The van der Waals surface area contributed by atoms with Crippen molar-refractivity contribution in [1.82, 2.24) is 10.3 Å². The average molecular weight is 491 g/mol. The summed E-state index contributed by atoms with van der Waals surface area (Å²) in [5.41, 5.74) is 4.11. The maximum Gasteiger partial charge on any atom is 0.261 e. The molecule has 0 bridgehead atoms. The molecular formula is C30H26N4O3. The molecule has 1 aromatic heterocycles. The Kier molecular flexibility index (Phi) is 8.21. The Balaban J connectivity index is 1.43. The molecule has 1 amide bonds.